The van der Waals surface area contributed by atoms with Crippen LogP contribution in [0.15, 0.2) is 36.7 Å². The summed E-state index contributed by atoms with van der Waals surface area (Å²) in [5, 5.41) is 14.0. The summed E-state index contributed by atoms with van der Waals surface area (Å²) >= 11 is 0. The second kappa shape index (κ2) is 9.51. The van der Waals surface area contributed by atoms with Crippen LogP contribution in [0.3, 0.4) is 0 Å². The van der Waals surface area contributed by atoms with E-state index in [9.17, 15) is 4.79 Å². The van der Waals surface area contributed by atoms with Gasteiger partial charge in [0.15, 0.2) is 11.2 Å². The van der Waals surface area contributed by atoms with E-state index in [4.69, 9.17) is 14.6 Å². The maximum atomic E-state index is 12.0. The van der Waals surface area contributed by atoms with Crippen molar-refractivity contribution in [3.05, 3.63) is 42.2 Å². The molecule has 0 spiro atoms. The normalized spacial score (nSPS) is 16.4. The lowest BCUT2D eigenvalue weighted by Crippen LogP contribution is -2.31. The fourth-order valence-electron chi connectivity index (χ4n) is 3.24. The molecule has 10 heteroatoms. The van der Waals surface area contributed by atoms with E-state index in [1.165, 1.54) is 0 Å². The van der Waals surface area contributed by atoms with Crippen molar-refractivity contribution in [2.24, 2.45) is 0 Å². The highest BCUT2D eigenvalue weighted by Gasteiger charge is 2.22. The molecule has 1 saturated heterocycles. The third kappa shape index (κ3) is 4.66. The highest BCUT2D eigenvalue weighted by Crippen LogP contribution is 2.29. The Balaban J connectivity index is 1.64. The topological polar surface area (TPSA) is 123 Å². The fourth-order valence-corrected chi connectivity index (χ4v) is 3.24. The minimum Gasteiger partial charge on any atom is -0.471 e. The van der Waals surface area contributed by atoms with Gasteiger partial charge in [-0.3, -0.25) is 9.88 Å². The molecule has 3 heterocycles. The zero-order valence-electron chi connectivity index (χ0n) is 16.5. The molecular weight excluding hydrogens is 388 g/mol. The molecule has 0 radical (unpaired) electrons. The molecular formula is C20H24N6O4. The third-order valence-corrected chi connectivity index (χ3v) is 4.70. The number of carbonyl (C=O) groups is 1. The number of nitrogens with zero attached hydrogens (tertiary/aromatic N) is 4. The lowest BCUT2D eigenvalue weighted by Gasteiger charge is -2.23. The molecule has 30 heavy (non-hydrogen) atoms. The summed E-state index contributed by atoms with van der Waals surface area (Å²) in [7, 11) is 0. The van der Waals surface area contributed by atoms with Crippen LogP contribution in [-0.4, -0.2) is 50.4 Å². The number of benzene rings is 1. The first-order chi connectivity index (χ1) is 14.7. The number of hydrogen-bond acceptors (Lipinski definition) is 7. The van der Waals surface area contributed by atoms with Crippen LogP contribution in [0.2, 0.25) is 0 Å². The van der Waals surface area contributed by atoms with Gasteiger partial charge in [-0.05, 0) is 24.8 Å². The van der Waals surface area contributed by atoms with Crippen molar-refractivity contribution in [1.29, 1.82) is 0 Å². The maximum absolute atomic E-state index is 12.0. The number of aromatic nitrogens is 4. The van der Waals surface area contributed by atoms with Crippen LogP contribution in [-0.2, 0) is 11.3 Å². The summed E-state index contributed by atoms with van der Waals surface area (Å²) in [5.41, 5.74) is 2.01. The molecule has 158 valence electrons. The molecule has 3 N–H and O–H groups in total. The second-order valence-electron chi connectivity index (χ2n) is 6.88. The zero-order chi connectivity index (χ0) is 20.8. The number of anilines is 1. The second-order valence-corrected chi connectivity index (χ2v) is 6.88. The summed E-state index contributed by atoms with van der Waals surface area (Å²) in [6, 6.07) is 9.19. The molecule has 1 fully saturated rings. The van der Waals surface area contributed by atoms with Crippen LogP contribution in [0.25, 0.3) is 11.2 Å². The van der Waals surface area contributed by atoms with Gasteiger partial charge in [0, 0.05) is 13.2 Å². The van der Waals surface area contributed by atoms with E-state index >= 15 is 0 Å². The largest absolute Gasteiger partial charge is 0.471 e. The fraction of sp³-hybridized carbons (Fsp3) is 0.400. The molecule has 0 saturated carbocycles. The van der Waals surface area contributed by atoms with Crippen molar-refractivity contribution < 1.29 is 19.4 Å². The first-order valence-corrected chi connectivity index (χ1v) is 9.93. The lowest BCUT2D eigenvalue weighted by atomic mass is 10.2. The highest BCUT2D eigenvalue weighted by molar-refractivity contribution is 5.89. The van der Waals surface area contributed by atoms with Crippen molar-refractivity contribution in [3.63, 3.8) is 0 Å². The summed E-state index contributed by atoms with van der Waals surface area (Å²) in [5.74, 6) is 0.356. The Morgan fingerprint density at radius 1 is 1.27 bits per heavy atom. The van der Waals surface area contributed by atoms with Crippen LogP contribution < -0.4 is 15.4 Å². The van der Waals surface area contributed by atoms with E-state index in [2.05, 4.69) is 25.6 Å². The van der Waals surface area contributed by atoms with E-state index in [1.54, 1.807) is 6.33 Å². The molecule has 2 amide bonds. The molecule has 1 atom stereocenters. The number of aliphatic hydroxyl groups is 1. The van der Waals surface area contributed by atoms with E-state index in [-0.39, 0.29) is 31.2 Å². The summed E-state index contributed by atoms with van der Waals surface area (Å²) in [6.45, 7) is 0.946. The number of nitrogens with one attached hydrogen (secondary N) is 2. The Hall–Kier alpha value is -3.24. The lowest BCUT2D eigenvalue weighted by molar-refractivity contribution is -0.0298. The molecule has 0 aliphatic carbocycles. The van der Waals surface area contributed by atoms with Crippen LogP contribution in [0, 0.1) is 0 Å². The van der Waals surface area contributed by atoms with Gasteiger partial charge in [0.2, 0.25) is 11.8 Å². The maximum Gasteiger partial charge on any atom is 0.321 e. The summed E-state index contributed by atoms with van der Waals surface area (Å²) in [4.78, 5) is 25.3. The molecule has 1 unspecified atom stereocenters. The average molecular weight is 412 g/mol. The van der Waals surface area contributed by atoms with Gasteiger partial charge in [-0.1, -0.05) is 30.3 Å². The zero-order valence-corrected chi connectivity index (χ0v) is 16.5. The number of rotatable bonds is 7. The Morgan fingerprint density at radius 3 is 2.90 bits per heavy atom. The first-order valence-electron chi connectivity index (χ1n) is 9.93. The third-order valence-electron chi connectivity index (χ3n) is 4.70. The standard InChI is InChI=1S/C20H24N6O4/c27-10-9-21-20(28)25-19-23-17-16(22-13-26(17)15-8-4-5-11-29-15)18(24-19)30-12-14-6-2-1-3-7-14/h1-3,6-7,13,15,27H,4-5,8-12H2,(H2,21,23,24,25,28). The molecule has 1 aliphatic rings. The van der Waals surface area contributed by atoms with Crippen molar-refractivity contribution >= 4 is 23.1 Å². The van der Waals surface area contributed by atoms with Crippen LogP contribution in [0.4, 0.5) is 10.7 Å². The average Bonchev–Trinajstić information content (AvgIpc) is 3.21. The molecule has 4 rings (SSSR count). The number of aliphatic hydroxyl groups excluding tert-OH is 1. The predicted molar refractivity (Wildman–Crippen MR) is 109 cm³/mol. The number of urea groups is 1. The number of hydrogen-bond donors (Lipinski definition) is 3. The minimum atomic E-state index is -0.516. The molecule has 10 nitrogen and oxygen atoms in total. The highest BCUT2D eigenvalue weighted by atomic mass is 16.5. The smallest absolute Gasteiger partial charge is 0.321 e. The van der Waals surface area contributed by atoms with E-state index in [1.807, 2.05) is 34.9 Å². The molecule has 0 bridgehead atoms. The minimum absolute atomic E-state index is 0.0820. The number of fused-ring (bicyclic) bond motifs is 1. The predicted octanol–water partition coefficient (Wildman–Crippen LogP) is 2.22. The van der Waals surface area contributed by atoms with Crippen LogP contribution in [0.5, 0.6) is 5.88 Å². The Morgan fingerprint density at radius 2 is 2.13 bits per heavy atom. The SMILES string of the molecule is O=C(NCCO)Nc1nc(OCc2ccccc2)c2ncn(C3CCCCO3)c2n1. The summed E-state index contributed by atoms with van der Waals surface area (Å²) < 4.78 is 13.6. The van der Waals surface area contributed by atoms with E-state index in [0.29, 0.717) is 24.4 Å². The van der Waals surface area contributed by atoms with Crippen molar-refractivity contribution in [3.8, 4) is 5.88 Å². The van der Waals surface area contributed by atoms with Gasteiger partial charge in [-0.15, -0.1) is 0 Å². The number of imidazole rings is 1. The van der Waals surface area contributed by atoms with Gasteiger partial charge in [0.05, 0.1) is 12.9 Å². The van der Waals surface area contributed by atoms with Gasteiger partial charge in [0.25, 0.3) is 0 Å². The Kier molecular flexibility index (Phi) is 6.35. The van der Waals surface area contributed by atoms with E-state index in [0.717, 1.165) is 24.8 Å². The number of carbonyl (C=O) groups excluding carboxylic acids is 1. The van der Waals surface area contributed by atoms with Gasteiger partial charge in [-0.2, -0.15) is 9.97 Å². The Labute approximate surface area is 173 Å². The quantitative estimate of drug-likeness (QED) is 0.544. The van der Waals surface area contributed by atoms with E-state index < -0.39 is 6.03 Å². The molecule has 3 aromatic rings. The van der Waals surface area contributed by atoms with Crippen molar-refractivity contribution in [1.82, 2.24) is 24.8 Å². The number of ether oxygens (including phenoxy) is 2. The molecule has 1 aromatic carbocycles. The van der Waals surface area contributed by atoms with Crippen LogP contribution in [0.1, 0.15) is 31.1 Å². The monoisotopic (exact) mass is 412 g/mol. The summed E-state index contributed by atoms with van der Waals surface area (Å²) in [6.07, 6.45) is 4.44. The van der Waals surface area contributed by atoms with Gasteiger partial charge in [0.1, 0.15) is 12.8 Å². The first kappa shape index (κ1) is 20.0. The van der Waals surface area contributed by atoms with Gasteiger partial charge >= 0.3 is 6.03 Å². The Bertz CT molecular complexity index is 988. The van der Waals surface area contributed by atoms with Crippen molar-refractivity contribution in [2.75, 3.05) is 25.1 Å². The van der Waals surface area contributed by atoms with Crippen molar-refractivity contribution in [2.45, 2.75) is 32.1 Å². The molecule has 2 aromatic heterocycles. The van der Waals surface area contributed by atoms with Gasteiger partial charge in [-0.25, -0.2) is 9.78 Å². The van der Waals surface area contributed by atoms with Crippen LogP contribution >= 0.6 is 0 Å². The molecule has 1 aliphatic heterocycles. The number of amides is 2. The van der Waals surface area contributed by atoms with Gasteiger partial charge < -0.3 is 19.9 Å².